The zero-order valence-corrected chi connectivity index (χ0v) is 12.9. The molecule has 1 aromatic rings. The van der Waals surface area contributed by atoms with Crippen molar-refractivity contribution in [1.82, 2.24) is 10.2 Å². The molecule has 2 unspecified atom stereocenters. The average molecular weight is 272 g/mol. The fourth-order valence-electron chi connectivity index (χ4n) is 3.36. The summed E-state index contributed by atoms with van der Waals surface area (Å²) in [7, 11) is 0. The Kier molecular flexibility index (Phi) is 4.42. The van der Waals surface area contributed by atoms with Crippen LogP contribution in [0.5, 0.6) is 0 Å². The Balaban J connectivity index is 1.69. The lowest BCUT2D eigenvalue weighted by atomic mass is 10.0. The number of nitrogens with zero attached hydrogens (tertiary/aromatic N) is 1. The molecule has 1 aliphatic carbocycles. The molecule has 1 saturated carbocycles. The second-order valence-corrected chi connectivity index (χ2v) is 6.78. The lowest BCUT2D eigenvalue weighted by Gasteiger charge is -2.32. The van der Waals surface area contributed by atoms with Crippen molar-refractivity contribution in [3.63, 3.8) is 0 Å². The van der Waals surface area contributed by atoms with Gasteiger partial charge in [-0.2, -0.15) is 0 Å². The lowest BCUT2D eigenvalue weighted by molar-refractivity contribution is 0.184. The first-order chi connectivity index (χ1) is 9.72. The molecule has 0 radical (unpaired) electrons. The smallest absolute Gasteiger partial charge is 0.0320 e. The molecule has 1 aliphatic heterocycles. The maximum absolute atomic E-state index is 3.66. The molecule has 3 rings (SSSR count). The summed E-state index contributed by atoms with van der Waals surface area (Å²) >= 11 is 0. The zero-order valence-electron chi connectivity index (χ0n) is 12.9. The van der Waals surface area contributed by atoms with E-state index >= 15 is 0 Å². The van der Waals surface area contributed by atoms with Gasteiger partial charge in [0.25, 0.3) is 0 Å². The van der Waals surface area contributed by atoms with E-state index in [4.69, 9.17) is 0 Å². The van der Waals surface area contributed by atoms with Crippen LogP contribution in [0.3, 0.4) is 0 Å². The van der Waals surface area contributed by atoms with Crippen LogP contribution in [0.15, 0.2) is 24.3 Å². The number of aryl methyl sites for hydroxylation is 1. The van der Waals surface area contributed by atoms with Gasteiger partial charge in [-0.1, -0.05) is 29.8 Å². The molecule has 0 aromatic heterocycles. The Morgan fingerprint density at radius 2 is 2.10 bits per heavy atom. The van der Waals surface area contributed by atoms with Crippen molar-refractivity contribution in [1.29, 1.82) is 0 Å². The molecular weight excluding hydrogens is 244 g/mol. The second kappa shape index (κ2) is 6.28. The highest BCUT2D eigenvalue weighted by molar-refractivity contribution is 5.24. The first-order valence-electron chi connectivity index (χ1n) is 8.26. The highest BCUT2D eigenvalue weighted by Crippen LogP contribution is 2.33. The summed E-state index contributed by atoms with van der Waals surface area (Å²) in [6.45, 7) is 8.28. The number of hydrogen-bond acceptors (Lipinski definition) is 2. The molecule has 2 aliphatic rings. The molecule has 1 saturated heterocycles. The molecule has 2 fully saturated rings. The van der Waals surface area contributed by atoms with Crippen molar-refractivity contribution < 1.29 is 0 Å². The topological polar surface area (TPSA) is 15.3 Å². The maximum atomic E-state index is 3.66. The van der Waals surface area contributed by atoms with E-state index in [0.717, 1.165) is 5.92 Å². The standard InChI is InChI=1S/C18H28N2/c1-14-5-3-6-17(11-14)15(2)20(12-16-8-9-16)13-18-7-4-10-19-18/h3,5-6,11,15-16,18-19H,4,7-10,12-13H2,1-2H3. The quantitative estimate of drug-likeness (QED) is 0.852. The molecule has 20 heavy (non-hydrogen) atoms. The van der Waals surface area contributed by atoms with E-state index in [2.05, 4.69) is 48.3 Å². The molecule has 1 heterocycles. The van der Waals surface area contributed by atoms with E-state index in [0.29, 0.717) is 12.1 Å². The Labute approximate surface area is 123 Å². The maximum Gasteiger partial charge on any atom is 0.0320 e. The first-order valence-corrected chi connectivity index (χ1v) is 8.26. The summed E-state index contributed by atoms with van der Waals surface area (Å²) in [5.74, 6) is 0.962. The highest BCUT2D eigenvalue weighted by Gasteiger charge is 2.29. The minimum absolute atomic E-state index is 0.540. The number of benzene rings is 1. The van der Waals surface area contributed by atoms with Gasteiger partial charge in [0.15, 0.2) is 0 Å². The molecule has 2 nitrogen and oxygen atoms in total. The minimum atomic E-state index is 0.540. The van der Waals surface area contributed by atoms with Crippen LogP contribution in [0, 0.1) is 12.8 Å². The molecule has 0 spiro atoms. The van der Waals surface area contributed by atoms with Gasteiger partial charge in [0, 0.05) is 25.2 Å². The van der Waals surface area contributed by atoms with Gasteiger partial charge >= 0.3 is 0 Å². The molecule has 1 N–H and O–H groups in total. The fraction of sp³-hybridized carbons (Fsp3) is 0.667. The largest absolute Gasteiger partial charge is 0.313 e. The Morgan fingerprint density at radius 3 is 2.75 bits per heavy atom. The van der Waals surface area contributed by atoms with Crippen molar-refractivity contribution in [2.75, 3.05) is 19.6 Å². The average Bonchev–Trinajstić information content (AvgIpc) is 3.11. The van der Waals surface area contributed by atoms with Gasteiger partial charge in [-0.3, -0.25) is 4.90 Å². The third kappa shape index (κ3) is 3.62. The van der Waals surface area contributed by atoms with E-state index in [-0.39, 0.29) is 0 Å². The predicted molar refractivity (Wildman–Crippen MR) is 84.9 cm³/mol. The van der Waals surface area contributed by atoms with E-state index in [1.165, 1.54) is 56.4 Å². The Bertz CT molecular complexity index is 433. The molecule has 0 amide bonds. The minimum Gasteiger partial charge on any atom is -0.313 e. The summed E-state index contributed by atoms with van der Waals surface area (Å²) in [5.41, 5.74) is 2.85. The molecule has 1 aromatic carbocycles. The van der Waals surface area contributed by atoms with Gasteiger partial charge in [-0.15, -0.1) is 0 Å². The van der Waals surface area contributed by atoms with Crippen LogP contribution in [0.2, 0.25) is 0 Å². The zero-order chi connectivity index (χ0) is 13.9. The van der Waals surface area contributed by atoms with Crippen LogP contribution in [-0.4, -0.2) is 30.6 Å². The van der Waals surface area contributed by atoms with E-state index in [1.807, 2.05) is 0 Å². The van der Waals surface area contributed by atoms with Crippen LogP contribution in [0.1, 0.15) is 49.8 Å². The first kappa shape index (κ1) is 14.1. The van der Waals surface area contributed by atoms with Gasteiger partial charge < -0.3 is 5.32 Å². The number of hydrogen-bond donors (Lipinski definition) is 1. The van der Waals surface area contributed by atoms with Gasteiger partial charge in [0.05, 0.1) is 0 Å². The molecule has 110 valence electrons. The normalized spacial score (nSPS) is 24.2. The third-order valence-electron chi connectivity index (χ3n) is 4.88. The summed E-state index contributed by atoms with van der Waals surface area (Å²) in [6.07, 6.45) is 5.58. The summed E-state index contributed by atoms with van der Waals surface area (Å²) < 4.78 is 0. The predicted octanol–water partition coefficient (Wildman–Crippen LogP) is 3.52. The van der Waals surface area contributed by atoms with E-state index in [9.17, 15) is 0 Å². The second-order valence-electron chi connectivity index (χ2n) is 6.78. The number of nitrogens with one attached hydrogen (secondary N) is 1. The van der Waals surface area contributed by atoms with Crippen LogP contribution >= 0.6 is 0 Å². The highest BCUT2D eigenvalue weighted by atomic mass is 15.2. The summed E-state index contributed by atoms with van der Waals surface area (Å²) in [6, 6.07) is 10.3. The Morgan fingerprint density at radius 1 is 1.25 bits per heavy atom. The molecule has 2 atom stereocenters. The van der Waals surface area contributed by atoms with Crippen LogP contribution in [-0.2, 0) is 0 Å². The van der Waals surface area contributed by atoms with Crippen molar-refractivity contribution in [3.8, 4) is 0 Å². The molecule has 0 bridgehead atoms. The van der Waals surface area contributed by atoms with Crippen molar-refractivity contribution in [2.45, 2.75) is 51.6 Å². The van der Waals surface area contributed by atoms with Crippen molar-refractivity contribution in [2.24, 2.45) is 5.92 Å². The Hall–Kier alpha value is -0.860. The van der Waals surface area contributed by atoms with Gasteiger partial charge in [-0.05, 0) is 57.6 Å². The monoisotopic (exact) mass is 272 g/mol. The summed E-state index contributed by atoms with van der Waals surface area (Å²) in [4.78, 5) is 2.72. The van der Waals surface area contributed by atoms with Gasteiger partial charge in [0.1, 0.15) is 0 Å². The third-order valence-corrected chi connectivity index (χ3v) is 4.88. The van der Waals surface area contributed by atoms with Crippen molar-refractivity contribution >= 4 is 0 Å². The fourth-order valence-corrected chi connectivity index (χ4v) is 3.36. The van der Waals surface area contributed by atoms with Gasteiger partial charge in [-0.25, -0.2) is 0 Å². The van der Waals surface area contributed by atoms with E-state index in [1.54, 1.807) is 0 Å². The van der Waals surface area contributed by atoms with Gasteiger partial charge in [0.2, 0.25) is 0 Å². The molecule has 2 heteroatoms. The SMILES string of the molecule is Cc1cccc(C(C)N(CC2CC2)CC2CCCN2)c1. The summed E-state index contributed by atoms with van der Waals surface area (Å²) in [5, 5.41) is 3.66. The van der Waals surface area contributed by atoms with Crippen LogP contribution in [0.25, 0.3) is 0 Å². The van der Waals surface area contributed by atoms with Crippen LogP contribution < -0.4 is 5.32 Å². The molecular formula is C18H28N2. The van der Waals surface area contributed by atoms with E-state index < -0.39 is 0 Å². The lowest BCUT2D eigenvalue weighted by Crippen LogP contribution is -2.40. The number of rotatable bonds is 6. The van der Waals surface area contributed by atoms with Crippen LogP contribution in [0.4, 0.5) is 0 Å². The van der Waals surface area contributed by atoms with Crippen molar-refractivity contribution in [3.05, 3.63) is 35.4 Å².